The van der Waals surface area contributed by atoms with Crippen molar-refractivity contribution >= 4 is 43.1 Å². The van der Waals surface area contributed by atoms with E-state index in [1.54, 1.807) is 11.1 Å². The van der Waals surface area contributed by atoms with Crippen LogP contribution in [0, 0.1) is 37.5 Å². The number of fused-ring (bicyclic) bond motifs is 7. The molecule has 1 heterocycles. The number of benzene rings is 8. The van der Waals surface area contributed by atoms with E-state index in [-0.39, 0.29) is 5.41 Å². The Bertz CT molecular complexity index is 3130. The predicted molar refractivity (Wildman–Crippen MR) is 243 cm³/mol. The van der Waals surface area contributed by atoms with Crippen LogP contribution < -0.4 is 0 Å². The maximum Gasteiger partial charge on any atom is 0.0352 e. The molecule has 1 aromatic heterocycles. The van der Waals surface area contributed by atoms with Gasteiger partial charge in [0.2, 0.25) is 0 Å². The molecule has 0 saturated heterocycles. The quantitative estimate of drug-likeness (QED) is 0.164. The Morgan fingerprint density at radius 1 is 0.448 bits per heavy atom. The van der Waals surface area contributed by atoms with Gasteiger partial charge in [-0.25, -0.2) is 0 Å². The summed E-state index contributed by atoms with van der Waals surface area (Å²) in [5, 5.41) is 10.1. The van der Waals surface area contributed by atoms with Crippen molar-refractivity contribution in [3.05, 3.63) is 174 Å². The van der Waals surface area contributed by atoms with Crippen molar-refractivity contribution < 1.29 is 0 Å². The van der Waals surface area contributed by atoms with E-state index in [1.807, 2.05) is 12.4 Å². The first-order valence-electron chi connectivity index (χ1n) is 21.6. The number of nitrogens with zero attached hydrogens (tertiary/aromatic N) is 1. The highest BCUT2D eigenvalue weighted by atomic mass is 14.6. The van der Waals surface area contributed by atoms with Gasteiger partial charge in [0.1, 0.15) is 0 Å². The smallest absolute Gasteiger partial charge is 0.0352 e. The molecule has 1 nitrogen and oxygen atoms in total. The zero-order valence-corrected chi connectivity index (χ0v) is 33.2. The number of aromatic nitrogens is 1. The summed E-state index contributed by atoms with van der Waals surface area (Å²) in [6, 6.07) is 53.8. The summed E-state index contributed by atoms with van der Waals surface area (Å²) >= 11 is 0. The summed E-state index contributed by atoms with van der Waals surface area (Å²) < 4.78 is 0. The van der Waals surface area contributed by atoms with Crippen LogP contribution >= 0.6 is 0 Å². The second kappa shape index (κ2) is 12.0. The van der Waals surface area contributed by atoms with Crippen LogP contribution in [0.15, 0.2) is 152 Å². The van der Waals surface area contributed by atoms with Crippen molar-refractivity contribution in [2.24, 2.45) is 23.7 Å². The number of aryl methyl sites for hydroxylation is 2. The molecule has 0 atom stereocenters. The van der Waals surface area contributed by atoms with E-state index in [4.69, 9.17) is 0 Å². The summed E-state index contributed by atoms with van der Waals surface area (Å²) in [7, 11) is 0. The van der Waals surface area contributed by atoms with E-state index in [1.165, 1.54) is 131 Å². The van der Waals surface area contributed by atoms with Gasteiger partial charge in [0.15, 0.2) is 0 Å². The van der Waals surface area contributed by atoms with Crippen LogP contribution in [0.1, 0.15) is 54.4 Å². The lowest BCUT2D eigenvalue weighted by Crippen LogP contribution is -2.55. The molecule has 9 aromatic rings. The lowest BCUT2D eigenvalue weighted by atomic mass is 9.43. The summed E-state index contributed by atoms with van der Waals surface area (Å²) in [5.74, 6) is 3.44. The molecule has 0 N–H and O–H groups in total. The fraction of sp³-hybridized carbons (Fsp3) is 0.211. The highest BCUT2D eigenvalue weighted by Crippen LogP contribution is 2.69. The van der Waals surface area contributed by atoms with Crippen LogP contribution in [0.3, 0.4) is 0 Å². The van der Waals surface area contributed by atoms with Gasteiger partial charge in [0, 0.05) is 23.2 Å². The molecule has 58 heavy (non-hydrogen) atoms. The summed E-state index contributed by atoms with van der Waals surface area (Å²) in [6.07, 6.45) is 11.1. The third kappa shape index (κ3) is 4.35. The molecule has 4 saturated carbocycles. The Hall–Kier alpha value is -6.05. The lowest BCUT2D eigenvalue weighted by molar-refractivity contribution is -0.0399. The van der Waals surface area contributed by atoms with Crippen LogP contribution in [0.5, 0.6) is 0 Å². The van der Waals surface area contributed by atoms with Crippen LogP contribution in [0.25, 0.3) is 87.6 Å². The molecule has 278 valence electrons. The summed E-state index contributed by atoms with van der Waals surface area (Å²) in [5.41, 5.74) is 16.8. The van der Waals surface area contributed by atoms with E-state index in [0.29, 0.717) is 0 Å². The minimum atomic E-state index is 0.187. The first-order chi connectivity index (χ1) is 28.6. The molecular weight excluding hydrogens is 699 g/mol. The zero-order chi connectivity index (χ0) is 38.3. The molecule has 14 rings (SSSR count). The van der Waals surface area contributed by atoms with E-state index >= 15 is 0 Å². The van der Waals surface area contributed by atoms with Gasteiger partial charge in [-0.2, -0.15) is 0 Å². The average molecular weight is 744 g/mol. The Labute approximate surface area is 340 Å². The van der Waals surface area contributed by atoms with E-state index in [2.05, 4.69) is 158 Å². The van der Waals surface area contributed by atoms with Crippen molar-refractivity contribution in [1.29, 1.82) is 0 Å². The van der Waals surface area contributed by atoms with E-state index < -0.39 is 0 Å². The number of hydrogen-bond donors (Lipinski definition) is 0. The zero-order valence-electron chi connectivity index (χ0n) is 33.2. The van der Waals surface area contributed by atoms with Gasteiger partial charge in [-0.1, -0.05) is 133 Å². The SMILES string of the molecule is Cc1ccc2c(-c3c4ccccc4c(-c4cccc5ccncc45)c4ccccc34)cc(C)c(-c3ccc4c(c3)-c3ccccc3C43C4CC5CC(C4)CC3C5)c2c1. The van der Waals surface area contributed by atoms with Gasteiger partial charge in [-0.3, -0.25) is 4.98 Å². The molecule has 8 aromatic carbocycles. The van der Waals surface area contributed by atoms with E-state index in [0.717, 1.165) is 23.7 Å². The Kier molecular flexibility index (Phi) is 6.82. The minimum Gasteiger partial charge on any atom is -0.264 e. The molecule has 0 aliphatic heterocycles. The second-order valence-corrected chi connectivity index (χ2v) is 18.4. The highest BCUT2D eigenvalue weighted by molar-refractivity contribution is 6.26. The first-order valence-corrected chi connectivity index (χ1v) is 21.6. The van der Waals surface area contributed by atoms with Gasteiger partial charge in [-0.05, 0) is 181 Å². The fourth-order valence-corrected chi connectivity index (χ4v) is 13.6. The van der Waals surface area contributed by atoms with Gasteiger partial charge < -0.3 is 0 Å². The number of hydrogen-bond acceptors (Lipinski definition) is 1. The monoisotopic (exact) mass is 743 g/mol. The lowest BCUT2D eigenvalue weighted by Gasteiger charge is -2.61. The van der Waals surface area contributed by atoms with Crippen molar-refractivity contribution in [3.8, 4) is 44.5 Å². The molecule has 4 fully saturated rings. The normalized spacial score (nSPS) is 22.7. The molecule has 4 bridgehead atoms. The fourth-order valence-electron chi connectivity index (χ4n) is 13.6. The molecule has 5 aliphatic carbocycles. The van der Waals surface area contributed by atoms with Crippen LogP contribution in [0.2, 0.25) is 0 Å². The second-order valence-electron chi connectivity index (χ2n) is 18.4. The number of rotatable bonds is 3. The molecule has 0 amide bonds. The Morgan fingerprint density at radius 3 is 1.81 bits per heavy atom. The third-order valence-corrected chi connectivity index (χ3v) is 15.5. The molecule has 5 aliphatic rings. The van der Waals surface area contributed by atoms with Gasteiger partial charge in [0.05, 0.1) is 0 Å². The maximum absolute atomic E-state index is 4.58. The van der Waals surface area contributed by atoms with E-state index in [9.17, 15) is 0 Å². The minimum absolute atomic E-state index is 0.187. The largest absolute Gasteiger partial charge is 0.264 e. The summed E-state index contributed by atoms with van der Waals surface area (Å²) in [4.78, 5) is 4.58. The maximum atomic E-state index is 4.58. The van der Waals surface area contributed by atoms with Crippen molar-refractivity contribution in [2.45, 2.75) is 51.4 Å². The van der Waals surface area contributed by atoms with Crippen molar-refractivity contribution in [2.75, 3.05) is 0 Å². The van der Waals surface area contributed by atoms with Crippen molar-refractivity contribution in [3.63, 3.8) is 0 Å². The topological polar surface area (TPSA) is 12.9 Å². The van der Waals surface area contributed by atoms with Gasteiger partial charge in [0.25, 0.3) is 0 Å². The molecule has 1 spiro atoms. The van der Waals surface area contributed by atoms with Crippen LogP contribution in [-0.4, -0.2) is 4.98 Å². The third-order valence-electron chi connectivity index (χ3n) is 15.5. The van der Waals surface area contributed by atoms with Crippen LogP contribution in [-0.2, 0) is 5.41 Å². The summed E-state index contributed by atoms with van der Waals surface area (Å²) in [6.45, 7) is 4.60. The molecular formula is C57H45N. The molecule has 0 unspecified atom stereocenters. The Balaban J connectivity index is 1.05. The van der Waals surface area contributed by atoms with Crippen LogP contribution in [0.4, 0.5) is 0 Å². The van der Waals surface area contributed by atoms with Gasteiger partial charge >= 0.3 is 0 Å². The predicted octanol–water partition coefficient (Wildman–Crippen LogP) is 15.0. The first kappa shape index (κ1) is 33.0. The highest BCUT2D eigenvalue weighted by Gasteiger charge is 2.61. The molecule has 1 heteroatoms. The average Bonchev–Trinajstić information content (AvgIpc) is 3.54. The Morgan fingerprint density at radius 2 is 1.09 bits per heavy atom. The van der Waals surface area contributed by atoms with Crippen molar-refractivity contribution in [1.82, 2.24) is 4.98 Å². The standard InChI is InChI=1S/C57H45N/c1-33-18-20-41-49(24-33)54(38-19-21-53-48(31-38)42-11-7-8-17-52(42)57(53)39-27-35-26-36(29-39)30-40(57)28-35)34(2)25-50(41)56-45-14-5-3-12-43(45)55(44-13-4-6-15-46(44)56)47-16-9-10-37-22-23-58-32-51(37)47/h3-25,31-32,35-36,39-40H,26-30H2,1-2H3. The molecule has 0 radical (unpaired) electrons. The number of pyridine rings is 1. The van der Waals surface area contributed by atoms with Gasteiger partial charge in [-0.15, -0.1) is 0 Å².